The second kappa shape index (κ2) is 10.3. The van der Waals surface area contributed by atoms with E-state index in [1.54, 1.807) is 17.0 Å². The van der Waals surface area contributed by atoms with Gasteiger partial charge in [0, 0.05) is 87.3 Å². The summed E-state index contributed by atoms with van der Waals surface area (Å²) < 4.78 is 0. The highest BCUT2D eigenvalue weighted by Crippen LogP contribution is 2.31. The standard InChI is InChI=1S/C28H32N6O5/c35-26-8-7-25(27(36)29-26)33-18-19-17-23(5-6-24(19)28(33)37)32-15-13-31(14-16-32)21-9-11-30(12-10-21)20-1-3-22(4-2-20)34(38)39/h1-6,17,21,25H,7-16,18H2,(H,29,35,36). The summed E-state index contributed by atoms with van der Waals surface area (Å²) in [5.41, 5.74) is 3.83. The van der Waals surface area contributed by atoms with E-state index in [0.717, 1.165) is 69.0 Å². The number of benzene rings is 2. The summed E-state index contributed by atoms with van der Waals surface area (Å²) in [6.07, 6.45) is 2.75. The number of nitro groups is 1. The van der Waals surface area contributed by atoms with Gasteiger partial charge in [0.15, 0.2) is 0 Å². The maximum atomic E-state index is 13.0. The summed E-state index contributed by atoms with van der Waals surface area (Å²) in [7, 11) is 0. The molecule has 0 bridgehead atoms. The van der Waals surface area contributed by atoms with Crippen LogP contribution in [0, 0.1) is 10.1 Å². The zero-order valence-corrected chi connectivity index (χ0v) is 21.8. The van der Waals surface area contributed by atoms with E-state index in [-0.39, 0.29) is 34.8 Å². The Kier molecular flexibility index (Phi) is 6.68. The number of hydrogen-bond acceptors (Lipinski definition) is 8. The molecule has 6 rings (SSSR count). The van der Waals surface area contributed by atoms with Crippen LogP contribution in [-0.2, 0) is 16.1 Å². The molecule has 1 atom stereocenters. The van der Waals surface area contributed by atoms with E-state index in [2.05, 4.69) is 26.1 Å². The number of nitro benzene ring substituents is 1. The van der Waals surface area contributed by atoms with Crippen molar-refractivity contribution >= 4 is 34.8 Å². The summed E-state index contributed by atoms with van der Waals surface area (Å²) in [5, 5.41) is 13.3. The topological polar surface area (TPSA) is 119 Å². The maximum absolute atomic E-state index is 13.0. The molecule has 0 radical (unpaired) electrons. The third-order valence-electron chi connectivity index (χ3n) is 8.59. The average Bonchev–Trinajstić information content (AvgIpc) is 3.28. The summed E-state index contributed by atoms with van der Waals surface area (Å²) in [5.74, 6) is -0.810. The molecule has 3 fully saturated rings. The van der Waals surface area contributed by atoms with Crippen molar-refractivity contribution in [2.75, 3.05) is 49.1 Å². The molecule has 204 valence electrons. The molecule has 0 spiro atoms. The predicted molar refractivity (Wildman–Crippen MR) is 145 cm³/mol. The number of imide groups is 1. The Hall–Kier alpha value is -3.99. The number of rotatable bonds is 5. The highest BCUT2D eigenvalue weighted by Gasteiger charge is 2.39. The molecule has 0 saturated carbocycles. The number of hydrogen-bond donors (Lipinski definition) is 1. The van der Waals surface area contributed by atoms with Crippen LogP contribution in [0.4, 0.5) is 17.1 Å². The van der Waals surface area contributed by atoms with E-state index in [1.807, 2.05) is 24.3 Å². The maximum Gasteiger partial charge on any atom is 0.269 e. The molecular formula is C28H32N6O5. The number of non-ortho nitro benzene ring substituents is 1. The van der Waals surface area contributed by atoms with Gasteiger partial charge < -0.3 is 14.7 Å². The monoisotopic (exact) mass is 532 g/mol. The van der Waals surface area contributed by atoms with Crippen molar-refractivity contribution in [2.45, 2.75) is 44.3 Å². The number of piperazine rings is 1. The lowest BCUT2D eigenvalue weighted by Gasteiger charge is -2.43. The Morgan fingerprint density at radius 2 is 1.49 bits per heavy atom. The van der Waals surface area contributed by atoms with Gasteiger partial charge >= 0.3 is 0 Å². The molecule has 2 aromatic rings. The van der Waals surface area contributed by atoms with Gasteiger partial charge in [-0.25, -0.2) is 0 Å². The number of anilines is 2. The minimum Gasteiger partial charge on any atom is -0.371 e. The van der Waals surface area contributed by atoms with Gasteiger partial charge in [0.1, 0.15) is 6.04 Å². The Labute approximate surface area is 226 Å². The third kappa shape index (κ3) is 4.94. The van der Waals surface area contributed by atoms with Crippen LogP contribution in [0.3, 0.4) is 0 Å². The van der Waals surface area contributed by atoms with E-state index in [1.165, 1.54) is 0 Å². The van der Waals surface area contributed by atoms with E-state index in [9.17, 15) is 24.5 Å². The Bertz CT molecular complexity index is 1300. The van der Waals surface area contributed by atoms with Crippen LogP contribution < -0.4 is 15.1 Å². The molecule has 1 unspecified atom stereocenters. The number of amides is 3. The molecule has 0 aliphatic carbocycles. The van der Waals surface area contributed by atoms with Crippen molar-refractivity contribution in [1.82, 2.24) is 15.1 Å². The fourth-order valence-corrected chi connectivity index (χ4v) is 6.38. The van der Waals surface area contributed by atoms with Gasteiger partial charge in [0.25, 0.3) is 11.6 Å². The number of nitrogens with one attached hydrogen (secondary N) is 1. The molecule has 11 heteroatoms. The zero-order valence-electron chi connectivity index (χ0n) is 21.8. The van der Waals surface area contributed by atoms with Gasteiger partial charge in [0.2, 0.25) is 11.8 Å². The summed E-state index contributed by atoms with van der Waals surface area (Å²) in [6, 6.07) is 12.7. The Morgan fingerprint density at radius 3 is 2.15 bits per heavy atom. The lowest BCUT2D eigenvalue weighted by Crippen LogP contribution is -2.53. The smallest absolute Gasteiger partial charge is 0.269 e. The first kappa shape index (κ1) is 25.3. The molecule has 39 heavy (non-hydrogen) atoms. The largest absolute Gasteiger partial charge is 0.371 e. The molecule has 4 aliphatic heterocycles. The van der Waals surface area contributed by atoms with Gasteiger partial charge in [-0.05, 0) is 55.2 Å². The van der Waals surface area contributed by atoms with Crippen molar-refractivity contribution in [3.8, 4) is 0 Å². The lowest BCUT2D eigenvalue weighted by atomic mass is 10.0. The van der Waals surface area contributed by atoms with Crippen molar-refractivity contribution in [3.05, 3.63) is 63.7 Å². The predicted octanol–water partition coefficient (Wildman–Crippen LogP) is 2.15. The van der Waals surface area contributed by atoms with Crippen molar-refractivity contribution < 1.29 is 19.3 Å². The van der Waals surface area contributed by atoms with E-state index >= 15 is 0 Å². The minimum absolute atomic E-state index is 0.119. The summed E-state index contributed by atoms with van der Waals surface area (Å²) in [4.78, 5) is 56.2. The van der Waals surface area contributed by atoms with Crippen LogP contribution >= 0.6 is 0 Å². The van der Waals surface area contributed by atoms with Gasteiger partial charge in [0.05, 0.1) is 4.92 Å². The lowest BCUT2D eigenvalue weighted by molar-refractivity contribution is -0.384. The number of carbonyl (C=O) groups excluding carboxylic acids is 3. The normalized spacial score (nSPS) is 22.7. The Morgan fingerprint density at radius 1 is 0.821 bits per heavy atom. The number of piperidine rings is 2. The second-order valence-corrected chi connectivity index (χ2v) is 10.8. The summed E-state index contributed by atoms with van der Waals surface area (Å²) >= 11 is 0. The molecule has 1 N–H and O–H groups in total. The van der Waals surface area contributed by atoms with E-state index < -0.39 is 6.04 Å². The van der Waals surface area contributed by atoms with Gasteiger partial charge in [-0.2, -0.15) is 0 Å². The average molecular weight is 533 g/mol. The first-order valence-electron chi connectivity index (χ1n) is 13.6. The van der Waals surface area contributed by atoms with Crippen molar-refractivity contribution in [2.24, 2.45) is 0 Å². The molecule has 4 heterocycles. The van der Waals surface area contributed by atoms with Gasteiger partial charge in [-0.1, -0.05) is 0 Å². The quantitative estimate of drug-likeness (QED) is 0.354. The number of nitrogens with zero attached hydrogens (tertiary/aromatic N) is 5. The molecular weight excluding hydrogens is 500 g/mol. The summed E-state index contributed by atoms with van der Waals surface area (Å²) in [6.45, 7) is 6.03. The van der Waals surface area contributed by atoms with Crippen LogP contribution in [0.1, 0.15) is 41.6 Å². The molecule has 3 amide bonds. The zero-order chi connectivity index (χ0) is 27.1. The number of carbonyl (C=O) groups is 3. The molecule has 11 nitrogen and oxygen atoms in total. The van der Waals surface area contributed by atoms with Gasteiger partial charge in [-0.15, -0.1) is 0 Å². The van der Waals surface area contributed by atoms with Crippen LogP contribution in [0.5, 0.6) is 0 Å². The van der Waals surface area contributed by atoms with Crippen LogP contribution in [0.2, 0.25) is 0 Å². The van der Waals surface area contributed by atoms with Crippen LogP contribution in [0.15, 0.2) is 42.5 Å². The Balaban J connectivity index is 1.02. The van der Waals surface area contributed by atoms with Crippen LogP contribution in [0.25, 0.3) is 0 Å². The second-order valence-electron chi connectivity index (χ2n) is 10.8. The van der Waals surface area contributed by atoms with Crippen molar-refractivity contribution in [1.29, 1.82) is 0 Å². The molecule has 0 aromatic heterocycles. The highest BCUT2D eigenvalue weighted by molar-refractivity contribution is 6.05. The van der Waals surface area contributed by atoms with Crippen molar-refractivity contribution in [3.63, 3.8) is 0 Å². The fourth-order valence-electron chi connectivity index (χ4n) is 6.38. The fraction of sp³-hybridized carbons (Fsp3) is 0.464. The molecule has 4 aliphatic rings. The van der Waals surface area contributed by atoms with Crippen LogP contribution in [-0.4, -0.2) is 83.8 Å². The first-order valence-corrected chi connectivity index (χ1v) is 13.6. The third-order valence-corrected chi connectivity index (χ3v) is 8.59. The minimum atomic E-state index is -0.596. The van der Waals surface area contributed by atoms with E-state index in [0.29, 0.717) is 24.6 Å². The number of fused-ring (bicyclic) bond motifs is 1. The highest BCUT2D eigenvalue weighted by atomic mass is 16.6. The SMILES string of the molecule is O=C1CCC(N2Cc3cc(N4CCN(C5CCN(c6ccc([N+](=O)[O-])cc6)CC5)CC4)ccc3C2=O)C(=O)N1. The first-order chi connectivity index (χ1) is 18.9. The molecule has 2 aromatic carbocycles. The molecule has 3 saturated heterocycles. The van der Waals surface area contributed by atoms with Gasteiger partial charge in [-0.3, -0.25) is 34.7 Å². The van der Waals surface area contributed by atoms with E-state index in [4.69, 9.17) is 0 Å².